The molecule has 8 nitrogen and oxygen atoms in total. The lowest BCUT2D eigenvalue weighted by Gasteiger charge is -2.46. The van der Waals surface area contributed by atoms with Gasteiger partial charge in [0.25, 0.3) is 0 Å². The van der Waals surface area contributed by atoms with Gasteiger partial charge in [0.2, 0.25) is 0 Å². The Balaban J connectivity index is 1.62. The Morgan fingerprint density at radius 1 is 1.06 bits per heavy atom. The first-order chi connectivity index (χ1) is 17.1. The third-order valence-corrected chi connectivity index (χ3v) is 8.60. The SMILES string of the molecule is CCCOC(=O)C1C2C(=O)CC(c3ccc(OCc4cc(C)on4)cc32)C1C(=O)OCC[Si](C)(C)C. The van der Waals surface area contributed by atoms with Crippen molar-refractivity contribution >= 4 is 25.8 Å². The second-order valence-corrected chi connectivity index (χ2v) is 16.6. The highest BCUT2D eigenvalue weighted by Gasteiger charge is 2.57. The van der Waals surface area contributed by atoms with Gasteiger partial charge in [-0.2, -0.15) is 0 Å². The van der Waals surface area contributed by atoms with Crippen molar-refractivity contribution in [3.05, 3.63) is 46.8 Å². The molecule has 1 saturated carbocycles. The minimum atomic E-state index is -1.40. The Morgan fingerprint density at radius 3 is 2.44 bits per heavy atom. The molecule has 1 aromatic carbocycles. The first kappa shape index (κ1) is 26.1. The van der Waals surface area contributed by atoms with Gasteiger partial charge in [0, 0.05) is 26.5 Å². The highest BCUT2D eigenvalue weighted by molar-refractivity contribution is 6.76. The fraction of sp³-hybridized carbons (Fsp3) is 0.556. The second kappa shape index (κ2) is 10.6. The van der Waals surface area contributed by atoms with Crippen LogP contribution in [0.5, 0.6) is 5.75 Å². The standard InChI is InChI=1S/C27H35NO7Si/c1-6-9-32-27(31)25-23-20-13-18(34-15-17-12-16(2)35-28-17)7-8-19(20)21(14-22(23)29)24(25)26(30)33-10-11-36(3,4)5/h7-8,12-13,21,23-25H,6,9-11,14-15H2,1-5H3. The Bertz CT molecular complexity index is 1140. The van der Waals surface area contributed by atoms with Crippen molar-refractivity contribution < 1.29 is 33.1 Å². The number of Topliss-reactive ketones (excluding diaryl/α,β-unsaturated/α-hetero) is 1. The average Bonchev–Trinajstić information content (AvgIpc) is 3.24. The maximum Gasteiger partial charge on any atom is 0.310 e. The largest absolute Gasteiger partial charge is 0.487 e. The lowest BCUT2D eigenvalue weighted by molar-refractivity contribution is -0.167. The summed E-state index contributed by atoms with van der Waals surface area (Å²) in [6.07, 6.45) is 0.864. The Morgan fingerprint density at radius 2 is 1.78 bits per heavy atom. The molecule has 0 aliphatic heterocycles. The second-order valence-electron chi connectivity index (χ2n) is 11.0. The molecule has 0 amide bonds. The molecule has 4 unspecified atom stereocenters. The average molecular weight is 514 g/mol. The van der Waals surface area contributed by atoms with E-state index in [0.29, 0.717) is 30.2 Å². The molecule has 3 aliphatic carbocycles. The molecule has 0 saturated heterocycles. The fourth-order valence-corrected chi connectivity index (χ4v) is 5.85. The Labute approximate surface area is 212 Å². The summed E-state index contributed by atoms with van der Waals surface area (Å²) >= 11 is 0. The van der Waals surface area contributed by atoms with Crippen LogP contribution in [0.2, 0.25) is 25.7 Å². The van der Waals surface area contributed by atoms with Gasteiger partial charge in [-0.25, -0.2) is 0 Å². The molecule has 1 aromatic heterocycles. The quantitative estimate of drug-likeness (QED) is 0.330. The third-order valence-electron chi connectivity index (χ3n) is 6.89. The number of esters is 2. The molecular weight excluding hydrogens is 478 g/mol. The van der Waals surface area contributed by atoms with Crippen LogP contribution in [0.3, 0.4) is 0 Å². The van der Waals surface area contributed by atoms with Gasteiger partial charge in [0.15, 0.2) is 0 Å². The van der Waals surface area contributed by atoms with Gasteiger partial charge < -0.3 is 18.7 Å². The number of fused-ring (bicyclic) bond motifs is 2. The van der Waals surface area contributed by atoms with Gasteiger partial charge in [0.05, 0.1) is 31.0 Å². The van der Waals surface area contributed by atoms with Crippen molar-refractivity contribution in [1.82, 2.24) is 5.16 Å². The summed E-state index contributed by atoms with van der Waals surface area (Å²) < 4.78 is 22.2. The molecule has 0 N–H and O–H groups in total. The van der Waals surface area contributed by atoms with E-state index in [0.717, 1.165) is 17.2 Å². The molecule has 0 radical (unpaired) electrons. The molecule has 1 fully saturated rings. The summed E-state index contributed by atoms with van der Waals surface area (Å²) in [6, 6.07) is 8.17. The predicted octanol–water partition coefficient (Wildman–Crippen LogP) is 4.78. The summed E-state index contributed by atoms with van der Waals surface area (Å²) in [7, 11) is -1.40. The number of ether oxygens (including phenoxy) is 3. The number of aromatic nitrogens is 1. The van der Waals surface area contributed by atoms with E-state index in [1.807, 2.05) is 32.0 Å². The highest BCUT2D eigenvalue weighted by atomic mass is 28.3. The number of ketones is 1. The van der Waals surface area contributed by atoms with E-state index in [4.69, 9.17) is 18.7 Å². The third kappa shape index (κ3) is 5.56. The summed E-state index contributed by atoms with van der Waals surface area (Å²) in [5.41, 5.74) is 2.29. The van der Waals surface area contributed by atoms with E-state index < -0.39 is 43.7 Å². The normalized spacial score (nSPS) is 22.8. The maximum atomic E-state index is 13.3. The van der Waals surface area contributed by atoms with E-state index in [9.17, 15) is 14.4 Å². The molecule has 36 heavy (non-hydrogen) atoms. The van der Waals surface area contributed by atoms with Gasteiger partial charge in [-0.1, -0.05) is 37.8 Å². The zero-order valence-corrected chi connectivity index (χ0v) is 22.7. The molecular formula is C27H35NO7Si. The highest BCUT2D eigenvalue weighted by Crippen LogP contribution is 2.55. The molecule has 9 heteroatoms. The summed E-state index contributed by atoms with van der Waals surface area (Å²) in [5.74, 6) is -2.56. The summed E-state index contributed by atoms with van der Waals surface area (Å²) in [5, 5.41) is 3.94. The Hall–Kier alpha value is -2.94. The number of rotatable bonds is 10. The van der Waals surface area contributed by atoms with Crippen molar-refractivity contribution in [2.45, 2.75) is 70.8 Å². The molecule has 4 atom stereocenters. The van der Waals surface area contributed by atoms with Crippen LogP contribution < -0.4 is 4.74 Å². The van der Waals surface area contributed by atoms with Crippen LogP contribution >= 0.6 is 0 Å². The number of hydrogen-bond acceptors (Lipinski definition) is 8. The van der Waals surface area contributed by atoms with Crippen molar-refractivity contribution in [2.24, 2.45) is 11.8 Å². The number of carbonyl (C=O) groups is 3. The lowest BCUT2D eigenvalue weighted by atomic mass is 9.55. The first-order valence-electron chi connectivity index (χ1n) is 12.6. The zero-order chi connectivity index (χ0) is 26.0. The number of benzene rings is 1. The molecule has 2 bridgehead atoms. The predicted molar refractivity (Wildman–Crippen MR) is 134 cm³/mol. The fourth-order valence-electron chi connectivity index (χ4n) is 5.14. The molecule has 194 valence electrons. The monoisotopic (exact) mass is 513 g/mol. The molecule has 1 heterocycles. The minimum absolute atomic E-state index is 0.0543. The number of carbonyl (C=O) groups excluding carboxylic acids is 3. The van der Waals surface area contributed by atoms with E-state index >= 15 is 0 Å². The zero-order valence-electron chi connectivity index (χ0n) is 21.7. The van der Waals surface area contributed by atoms with E-state index in [2.05, 4.69) is 24.8 Å². The van der Waals surface area contributed by atoms with Crippen molar-refractivity contribution in [2.75, 3.05) is 13.2 Å². The maximum absolute atomic E-state index is 13.3. The topological polar surface area (TPSA) is 105 Å². The van der Waals surface area contributed by atoms with Crippen LogP contribution in [0, 0.1) is 18.8 Å². The van der Waals surface area contributed by atoms with Crippen LogP contribution in [0.4, 0.5) is 0 Å². The van der Waals surface area contributed by atoms with Crippen LogP contribution in [0.15, 0.2) is 28.8 Å². The van der Waals surface area contributed by atoms with Gasteiger partial charge in [-0.15, -0.1) is 0 Å². The van der Waals surface area contributed by atoms with Gasteiger partial charge >= 0.3 is 11.9 Å². The van der Waals surface area contributed by atoms with Gasteiger partial charge in [0.1, 0.15) is 29.6 Å². The Kier molecular flexibility index (Phi) is 7.68. The molecule has 5 rings (SSSR count). The first-order valence-corrected chi connectivity index (χ1v) is 16.3. The van der Waals surface area contributed by atoms with Gasteiger partial charge in [-0.05, 0) is 42.6 Å². The molecule has 0 spiro atoms. The minimum Gasteiger partial charge on any atom is -0.487 e. The van der Waals surface area contributed by atoms with Crippen molar-refractivity contribution in [3.8, 4) is 5.75 Å². The number of aryl methyl sites for hydroxylation is 1. The van der Waals surface area contributed by atoms with Crippen molar-refractivity contribution in [1.29, 1.82) is 0 Å². The molecule has 3 aliphatic rings. The summed E-state index contributed by atoms with van der Waals surface area (Å²) in [6.45, 7) is 11.1. The lowest BCUT2D eigenvalue weighted by Crippen LogP contribution is -2.50. The number of nitrogens with zero attached hydrogens (tertiary/aromatic N) is 1. The van der Waals surface area contributed by atoms with E-state index in [-0.39, 0.29) is 25.4 Å². The van der Waals surface area contributed by atoms with Crippen LogP contribution in [-0.4, -0.2) is 44.2 Å². The molecule has 2 aromatic rings. The van der Waals surface area contributed by atoms with E-state index in [1.165, 1.54) is 0 Å². The smallest absolute Gasteiger partial charge is 0.310 e. The van der Waals surface area contributed by atoms with Crippen molar-refractivity contribution in [3.63, 3.8) is 0 Å². The van der Waals surface area contributed by atoms with E-state index in [1.54, 1.807) is 6.07 Å². The van der Waals surface area contributed by atoms with Crippen LogP contribution in [-0.2, 0) is 30.5 Å². The summed E-state index contributed by atoms with van der Waals surface area (Å²) in [4.78, 5) is 39.8. The van der Waals surface area contributed by atoms with Crippen LogP contribution in [0.25, 0.3) is 0 Å². The number of hydrogen-bond donors (Lipinski definition) is 0. The van der Waals surface area contributed by atoms with Gasteiger partial charge in [-0.3, -0.25) is 14.4 Å². The van der Waals surface area contributed by atoms with Crippen LogP contribution in [0.1, 0.15) is 54.2 Å².